The van der Waals surface area contributed by atoms with Gasteiger partial charge in [-0.15, -0.1) is 5.10 Å². The molecule has 3 N–H and O–H groups in total. The Kier molecular flexibility index (Phi) is 7.46. The minimum Gasteiger partial charge on any atom is -0.493 e. The molecule has 34 heavy (non-hydrogen) atoms. The molecule has 3 aromatic rings. The van der Waals surface area contributed by atoms with E-state index in [2.05, 4.69) is 19.9 Å². The van der Waals surface area contributed by atoms with Crippen molar-refractivity contribution in [1.29, 1.82) is 0 Å². The molecule has 0 saturated heterocycles. The number of H-pyrrole nitrogens is 1. The number of aromatic nitrogens is 3. The van der Waals surface area contributed by atoms with Gasteiger partial charge < -0.3 is 14.3 Å². The van der Waals surface area contributed by atoms with Gasteiger partial charge in [0.25, 0.3) is 10.0 Å². The predicted octanol–water partition coefficient (Wildman–Crippen LogP) is 3.05. The molecular weight excluding hydrogens is 491 g/mol. The van der Waals surface area contributed by atoms with Crippen molar-refractivity contribution in [2.45, 2.75) is 50.8 Å². The quantitative estimate of drug-likeness (QED) is 0.415. The fourth-order valence-corrected chi connectivity index (χ4v) is 5.41. The first kappa shape index (κ1) is 25.8. The molecule has 0 amide bonds. The maximum absolute atomic E-state index is 14.9. The zero-order chi connectivity index (χ0) is 25.4. The summed E-state index contributed by atoms with van der Waals surface area (Å²) in [5.74, 6) is -2.90. The van der Waals surface area contributed by atoms with E-state index in [4.69, 9.17) is 20.8 Å². The van der Waals surface area contributed by atoms with E-state index in [9.17, 15) is 22.7 Å². The van der Waals surface area contributed by atoms with Crippen LogP contribution in [-0.2, 0) is 10.0 Å². The third kappa shape index (κ3) is 4.85. The van der Waals surface area contributed by atoms with Gasteiger partial charge in [-0.1, -0.05) is 24.6 Å². The average Bonchev–Trinajstić information content (AvgIpc) is 3.20. The minimum absolute atomic E-state index is 0.00599. The summed E-state index contributed by atoms with van der Waals surface area (Å²) in [6.45, 7) is 6.45. The van der Waals surface area contributed by atoms with Crippen molar-refractivity contribution in [1.82, 2.24) is 19.9 Å². The molecule has 10 nitrogen and oxygen atoms in total. The molecule has 0 bridgehead atoms. The van der Waals surface area contributed by atoms with Crippen molar-refractivity contribution in [2.75, 3.05) is 7.11 Å². The standard InChI is InChI=1S/C21H24ClFN4O6S/c1-9-6-7-14(23)15(10(9)2)11(3)17(19-25-26-21(29)33-19)27-34(30,31)20-18(32-5)16(12(4)28)13(22)8-24-20/h6-8,11-12,17,27-28H,1-5H3,(H,26,29)/t11-,12?,17+/m1/s1. The second-order valence-electron chi connectivity index (χ2n) is 7.78. The maximum Gasteiger partial charge on any atom is 0.434 e. The number of benzene rings is 1. The van der Waals surface area contributed by atoms with Crippen molar-refractivity contribution in [3.8, 4) is 5.75 Å². The van der Waals surface area contributed by atoms with Crippen LogP contribution in [-0.4, -0.2) is 35.8 Å². The zero-order valence-electron chi connectivity index (χ0n) is 19.0. The summed E-state index contributed by atoms with van der Waals surface area (Å²) in [5.41, 5.74) is 1.64. The molecule has 2 aromatic heterocycles. The van der Waals surface area contributed by atoms with Crippen LogP contribution in [0.15, 0.2) is 32.6 Å². The van der Waals surface area contributed by atoms with Crippen molar-refractivity contribution in [2.24, 2.45) is 0 Å². The number of aryl methyl sites for hydroxylation is 1. The number of aliphatic hydroxyl groups is 1. The van der Waals surface area contributed by atoms with Crippen LogP contribution in [0.25, 0.3) is 0 Å². The highest BCUT2D eigenvalue weighted by Crippen LogP contribution is 2.38. The molecule has 0 fully saturated rings. The van der Waals surface area contributed by atoms with Gasteiger partial charge in [-0.05, 0) is 43.5 Å². The number of nitrogens with one attached hydrogen (secondary N) is 2. The summed E-state index contributed by atoms with van der Waals surface area (Å²) >= 11 is 6.09. The summed E-state index contributed by atoms with van der Waals surface area (Å²) in [7, 11) is -3.29. The molecular formula is C21H24ClFN4O6S. The number of ether oxygens (including phenoxy) is 1. The van der Waals surface area contributed by atoms with Gasteiger partial charge in [0.1, 0.15) is 11.9 Å². The molecule has 0 aliphatic heterocycles. The normalized spacial score (nSPS) is 14.6. The Hall–Kier alpha value is -2.80. The van der Waals surface area contributed by atoms with Crippen LogP contribution in [0.4, 0.5) is 4.39 Å². The van der Waals surface area contributed by atoms with E-state index in [0.717, 1.165) is 11.8 Å². The minimum atomic E-state index is -4.50. The summed E-state index contributed by atoms with van der Waals surface area (Å²) in [5, 5.41) is 15.4. The number of aromatic amines is 1. The molecule has 0 radical (unpaired) electrons. The highest BCUT2D eigenvalue weighted by atomic mass is 35.5. The summed E-state index contributed by atoms with van der Waals surface area (Å²) < 4.78 is 54.4. The first-order chi connectivity index (χ1) is 15.9. The second kappa shape index (κ2) is 9.82. The molecule has 0 saturated carbocycles. The van der Waals surface area contributed by atoms with E-state index in [1.54, 1.807) is 26.8 Å². The number of nitrogens with zero attached hydrogens (tertiary/aromatic N) is 2. The van der Waals surface area contributed by atoms with E-state index < -0.39 is 44.7 Å². The van der Waals surface area contributed by atoms with Crippen molar-refractivity contribution in [3.63, 3.8) is 0 Å². The topological polar surface area (TPSA) is 147 Å². The number of pyridine rings is 1. The summed E-state index contributed by atoms with van der Waals surface area (Å²) in [4.78, 5) is 15.5. The Balaban J connectivity index is 2.17. The van der Waals surface area contributed by atoms with Crippen LogP contribution in [0.1, 0.15) is 60.1 Å². The highest BCUT2D eigenvalue weighted by molar-refractivity contribution is 7.89. The lowest BCUT2D eigenvalue weighted by atomic mass is 9.88. The van der Waals surface area contributed by atoms with Gasteiger partial charge in [-0.2, -0.15) is 4.72 Å². The Morgan fingerprint density at radius 3 is 2.50 bits per heavy atom. The fourth-order valence-electron chi connectivity index (χ4n) is 3.74. The lowest BCUT2D eigenvalue weighted by molar-refractivity contribution is 0.193. The lowest BCUT2D eigenvalue weighted by Crippen LogP contribution is -2.33. The number of methoxy groups -OCH3 is 1. The Morgan fingerprint density at radius 1 is 1.26 bits per heavy atom. The number of hydrogen-bond donors (Lipinski definition) is 3. The molecule has 184 valence electrons. The molecule has 2 heterocycles. The molecule has 1 aromatic carbocycles. The monoisotopic (exact) mass is 514 g/mol. The molecule has 3 atom stereocenters. The Bertz CT molecular complexity index is 1370. The van der Waals surface area contributed by atoms with Gasteiger partial charge in [0.2, 0.25) is 10.9 Å². The van der Waals surface area contributed by atoms with Crippen LogP contribution >= 0.6 is 11.6 Å². The van der Waals surface area contributed by atoms with E-state index in [1.807, 2.05) is 0 Å². The van der Waals surface area contributed by atoms with Crippen LogP contribution in [0.2, 0.25) is 5.02 Å². The molecule has 1 unspecified atom stereocenters. The van der Waals surface area contributed by atoms with Gasteiger partial charge in [0, 0.05) is 17.7 Å². The Labute approximate surface area is 200 Å². The first-order valence-corrected chi connectivity index (χ1v) is 12.0. The van der Waals surface area contributed by atoms with Crippen molar-refractivity contribution < 1.29 is 27.1 Å². The molecule has 0 spiro atoms. The predicted molar refractivity (Wildman–Crippen MR) is 121 cm³/mol. The van der Waals surface area contributed by atoms with Gasteiger partial charge in [-0.25, -0.2) is 27.7 Å². The van der Waals surface area contributed by atoms with Gasteiger partial charge in [0.05, 0.1) is 18.2 Å². The smallest absolute Gasteiger partial charge is 0.434 e. The van der Waals surface area contributed by atoms with E-state index in [0.29, 0.717) is 5.56 Å². The van der Waals surface area contributed by atoms with Crippen molar-refractivity contribution in [3.05, 3.63) is 67.9 Å². The molecule has 13 heteroatoms. The summed E-state index contributed by atoms with van der Waals surface area (Å²) in [6, 6.07) is 1.57. The number of sulfonamides is 1. The number of hydrogen-bond acceptors (Lipinski definition) is 8. The van der Waals surface area contributed by atoms with Gasteiger partial charge in [-0.3, -0.25) is 0 Å². The van der Waals surface area contributed by atoms with Crippen molar-refractivity contribution >= 4 is 21.6 Å². The van der Waals surface area contributed by atoms with Gasteiger partial charge >= 0.3 is 5.76 Å². The third-order valence-electron chi connectivity index (χ3n) is 5.56. The van der Waals surface area contributed by atoms with Crippen LogP contribution in [0.3, 0.4) is 0 Å². The third-order valence-corrected chi connectivity index (χ3v) is 7.22. The molecule has 3 rings (SSSR count). The Morgan fingerprint density at radius 2 is 1.94 bits per heavy atom. The fraction of sp³-hybridized carbons (Fsp3) is 0.381. The number of aliphatic hydroxyl groups excluding tert-OH is 1. The van der Waals surface area contributed by atoms with E-state index in [-0.39, 0.29) is 27.8 Å². The zero-order valence-corrected chi connectivity index (χ0v) is 20.6. The van der Waals surface area contributed by atoms with E-state index >= 15 is 0 Å². The second-order valence-corrected chi connectivity index (χ2v) is 9.81. The SMILES string of the molecule is COc1c(S(=O)(=O)N[C@H](c2n[nH]c(=O)o2)[C@H](C)c2c(F)ccc(C)c2C)ncc(Cl)c1C(C)O. The van der Waals surface area contributed by atoms with Crippen LogP contribution < -0.4 is 15.2 Å². The largest absolute Gasteiger partial charge is 0.493 e. The van der Waals surface area contributed by atoms with Crippen LogP contribution in [0, 0.1) is 19.7 Å². The lowest BCUT2D eigenvalue weighted by Gasteiger charge is -2.25. The maximum atomic E-state index is 14.9. The number of rotatable bonds is 8. The molecule has 0 aliphatic rings. The molecule has 0 aliphatic carbocycles. The summed E-state index contributed by atoms with van der Waals surface area (Å²) in [6.07, 6.45) is -0.0967. The highest BCUT2D eigenvalue weighted by Gasteiger charge is 2.36. The first-order valence-electron chi connectivity index (χ1n) is 10.1. The number of halogens is 2. The average molecular weight is 515 g/mol. The van der Waals surface area contributed by atoms with Crippen LogP contribution in [0.5, 0.6) is 5.75 Å². The van der Waals surface area contributed by atoms with Gasteiger partial charge in [0.15, 0.2) is 5.75 Å². The van der Waals surface area contributed by atoms with E-state index in [1.165, 1.54) is 20.1 Å².